The summed E-state index contributed by atoms with van der Waals surface area (Å²) in [4.78, 5) is -0.0905. The fourth-order valence-corrected chi connectivity index (χ4v) is 3.83. The summed E-state index contributed by atoms with van der Waals surface area (Å²) in [6.07, 6.45) is 0. The molecule has 3 nitrogen and oxygen atoms in total. The second-order valence-electron chi connectivity index (χ2n) is 5.40. The first kappa shape index (κ1) is 17.5. The Bertz CT molecular complexity index is 989. The van der Waals surface area contributed by atoms with Crippen LogP contribution in [0, 0.1) is 5.82 Å². The Labute approximate surface area is 150 Å². The molecule has 25 heavy (non-hydrogen) atoms. The first-order valence-electron chi connectivity index (χ1n) is 7.44. The van der Waals surface area contributed by atoms with Crippen molar-refractivity contribution in [1.29, 1.82) is 0 Å². The van der Waals surface area contributed by atoms with Crippen LogP contribution in [0.25, 0.3) is 0 Å². The van der Waals surface area contributed by atoms with Gasteiger partial charge in [0.1, 0.15) is 5.75 Å². The molecule has 0 unspecified atom stereocenters. The summed E-state index contributed by atoms with van der Waals surface area (Å²) in [6, 6.07) is 18.9. The van der Waals surface area contributed by atoms with Crippen LogP contribution in [0.5, 0.6) is 11.5 Å². The van der Waals surface area contributed by atoms with E-state index in [-0.39, 0.29) is 16.4 Å². The summed E-state index contributed by atoms with van der Waals surface area (Å²) < 4.78 is 44.6. The largest absolute Gasteiger partial charge is 0.454 e. The molecule has 0 aromatic heterocycles. The highest BCUT2D eigenvalue weighted by molar-refractivity contribution is 7.90. The van der Waals surface area contributed by atoms with Crippen LogP contribution in [0.2, 0.25) is 5.02 Å². The SMILES string of the molecule is O=S(=O)(Cc1ccccc1)c1ccc(Oc2cccc(Cl)c2)c(F)c1. The summed E-state index contributed by atoms with van der Waals surface area (Å²) in [6.45, 7) is 0. The lowest BCUT2D eigenvalue weighted by Gasteiger charge is -2.09. The van der Waals surface area contributed by atoms with Crippen LogP contribution in [0.15, 0.2) is 77.7 Å². The molecule has 0 spiro atoms. The predicted molar refractivity (Wildman–Crippen MR) is 95.3 cm³/mol. The number of hydrogen-bond acceptors (Lipinski definition) is 3. The molecular weight excluding hydrogens is 363 g/mol. The molecule has 3 rings (SSSR count). The van der Waals surface area contributed by atoms with Gasteiger partial charge in [-0.05, 0) is 42.0 Å². The first-order chi connectivity index (χ1) is 11.9. The molecule has 6 heteroatoms. The van der Waals surface area contributed by atoms with Gasteiger partial charge in [-0.25, -0.2) is 12.8 Å². The average molecular weight is 377 g/mol. The van der Waals surface area contributed by atoms with E-state index in [0.717, 1.165) is 6.07 Å². The molecule has 3 aromatic rings. The second-order valence-corrected chi connectivity index (χ2v) is 7.82. The molecule has 0 radical (unpaired) electrons. The van der Waals surface area contributed by atoms with E-state index in [1.54, 1.807) is 54.6 Å². The third-order valence-electron chi connectivity index (χ3n) is 3.49. The lowest BCUT2D eigenvalue weighted by atomic mass is 10.2. The number of halogens is 2. The average Bonchev–Trinajstić information content (AvgIpc) is 2.57. The lowest BCUT2D eigenvalue weighted by Crippen LogP contribution is -2.05. The van der Waals surface area contributed by atoms with Crippen LogP contribution in [0.3, 0.4) is 0 Å². The maximum Gasteiger partial charge on any atom is 0.182 e. The van der Waals surface area contributed by atoms with Gasteiger partial charge in [0.25, 0.3) is 0 Å². The Hall–Kier alpha value is -2.37. The third kappa shape index (κ3) is 4.38. The quantitative estimate of drug-likeness (QED) is 0.611. The zero-order valence-corrected chi connectivity index (χ0v) is 14.6. The second kappa shape index (κ2) is 7.25. The highest BCUT2D eigenvalue weighted by atomic mass is 35.5. The molecule has 0 aliphatic heterocycles. The minimum atomic E-state index is -3.65. The van der Waals surface area contributed by atoms with E-state index in [0.29, 0.717) is 16.3 Å². The van der Waals surface area contributed by atoms with Crippen molar-refractivity contribution >= 4 is 21.4 Å². The van der Waals surface area contributed by atoms with E-state index >= 15 is 0 Å². The Kier molecular flexibility index (Phi) is 5.06. The molecule has 0 atom stereocenters. The smallest absolute Gasteiger partial charge is 0.182 e. The highest BCUT2D eigenvalue weighted by Crippen LogP contribution is 2.29. The van der Waals surface area contributed by atoms with Crippen molar-refractivity contribution in [2.75, 3.05) is 0 Å². The van der Waals surface area contributed by atoms with Gasteiger partial charge in [0, 0.05) is 5.02 Å². The molecule has 0 heterocycles. The van der Waals surface area contributed by atoms with Gasteiger partial charge in [0.15, 0.2) is 21.4 Å². The fraction of sp³-hybridized carbons (Fsp3) is 0.0526. The van der Waals surface area contributed by atoms with Crippen molar-refractivity contribution < 1.29 is 17.5 Å². The van der Waals surface area contributed by atoms with Crippen LogP contribution >= 0.6 is 11.6 Å². The lowest BCUT2D eigenvalue weighted by molar-refractivity contribution is 0.441. The number of rotatable bonds is 5. The summed E-state index contributed by atoms with van der Waals surface area (Å²) in [7, 11) is -3.65. The minimum absolute atomic E-state index is 0.0686. The first-order valence-corrected chi connectivity index (χ1v) is 9.47. The van der Waals surface area contributed by atoms with Crippen LogP contribution < -0.4 is 4.74 Å². The molecule has 0 amide bonds. The van der Waals surface area contributed by atoms with Crippen molar-refractivity contribution in [1.82, 2.24) is 0 Å². The minimum Gasteiger partial charge on any atom is -0.454 e. The fourth-order valence-electron chi connectivity index (χ4n) is 2.29. The van der Waals surface area contributed by atoms with Crippen molar-refractivity contribution in [2.45, 2.75) is 10.6 Å². The van der Waals surface area contributed by atoms with E-state index in [2.05, 4.69) is 0 Å². The van der Waals surface area contributed by atoms with Gasteiger partial charge in [0.2, 0.25) is 0 Å². The topological polar surface area (TPSA) is 43.4 Å². The summed E-state index contributed by atoms with van der Waals surface area (Å²) in [5.74, 6) is -0.650. The summed E-state index contributed by atoms with van der Waals surface area (Å²) in [5.41, 5.74) is 0.641. The van der Waals surface area contributed by atoms with E-state index in [1.165, 1.54) is 12.1 Å². The van der Waals surface area contributed by atoms with Gasteiger partial charge in [-0.15, -0.1) is 0 Å². The molecule has 0 aliphatic carbocycles. The van der Waals surface area contributed by atoms with Crippen molar-refractivity contribution in [2.24, 2.45) is 0 Å². The van der Waals surface area contributed by atoms with Gasteiger partial charge in [-0.3, -0.25) is 0 Å². The molecule has 0 saturated heterocycles. The van der Waals surface area contributed by atoms with Gasteiger partial charge in [-0.1, -0.05) is 48.0 Å². The van der Waals surface area contributed by atoms with Crippen LogP contribution in [-0.4, -0.2) is 8.42 Å². The predicted octanol–water partition coefficient (Wildman–Crippen LogP) is 5.25. The molecular formula is C19H14ClFO3S. The Morgan fingerprint density at radius 1 is 0.920 bits per heavy atom. The van der Waals surface area contributed by atoms with Gasteiger partial charge in [0.05, 0.1) is 10.6 Å². The van der Waals surface area contributed by atoms with Gasteiger partial charge < -0.3 is 4.74 Å². The third-order valence-corrected chi connectivity index (χ3v) is 5.41. The Morgan fingerprint density at radius 3 is 2.36 bits per heavy atom. The molecule has 3 aromatic carbocycles. The van der Waals surface area contributed by atoms with E-state index < -0.39 is 15.7 Å². The number of sulfone groups is 1. The Balaban J connectivity index is 1.84. The molecule has 0 N–H and O–H groups in total. The Morgan fingerprint density at radius 2 is 1.68 bits per heavy atom. The molecule has 0 aliphatic rings. The van der Waals surface area contributed by atoms with Crippen molar-refractivity contribution in [3.8, 4) is 11.5 Å². The maximum atomic E-state index is 14.3. The monoisotopic (exact) mass is 376 g/mol. The normalized spacial score (nSPS) is 11.3. The molecule has 0 saturated carbocycles. The standard InChI is InChI=1S/C19H14ClFO3S/c20-15-7-4-8-16(11-15)24-19-10-9-17(12-18(19)21)25(22,23)13-14-5-2-1-3-6-14/h1-12H,13H2. The molecule has 128 valence electrons. The number of benzene rings is 3. The van der Waals surface area contributed by atoms with E-state index in [4.69, 9.17) is 16.3 Å². The number of hydrogen-bond donors (Lipinski definition) is 0. The van der Waals surface area contributed by atoms with Crippen LogP contribution in [-0.2, 0) is 15.6 Å². The molecule has 0 bridgehead atoms. The summed E-state index contributed by atoms with van der Waals surface area (Å²) in [5, 5.41) is 0.458. The zero-order chi connectivity index (χ0) is 17.9. The van der Waals surface area contributed by atoms with Gasteiger partial charge in [-0.2, -0.15) is 0 Å². The summed E-state index contributed by atoms with van der Waals surface area (Å²) >= 11 is 5.86. The van der Waals surface area contributed by atoms with E-state index in [1.807, 2.05) is 0 Å². The zero-order valence-electron chi connectivity index (χ0n) is 13.0. The van der Waals surface area contributed by atoms with Crippen molar-refractivity contribution in [3.05, 3.63) is 89.2 Å². The maximum absolute atomic E-state index is 14.3. The van der Waals surface area contributed by atoms with Gasteiger partial charge >= 0.3 is 0 Å². The van der Waals surface area contributed by atoms with Crippen LogP contribution in [0.4, 0.5) is 4.39 Å². The highest BCUT2D eigenvalue weighted by Gasteiger charge is 2.18. The molecule has 0 fully saturated rings. The van der Waals surface area contributed by atoms with E-state index in [9.17, 15) is 12.8 Å². The number of ether oxygens (including phenoxy) is 1. The van der Waals surface area contributed by atoms with Crippen molar-refractivity contribution in [3.63, 3.8) is 0 Å². The van der Waals surface area contributed by atoms with Crippen LogP contribution in [0.1, 0.15) is 5.56 Å².